The van der Waals surface area contributed by atoms with Gasteiger partial charge >= 0.3 is 0 Å². The monoisotopic (exact) mass is 148 g/mol. The Morgan fingerprint density at radius 3 is 2.00 bits per heavy atom. The second kappa shape index (κ2) is 2.84. The molecule has 0 spiro atoms. The maximum atomic E-state index is 9.09. The van der Waals surface area contributed by atoms with Crippen LogP contribution in [0.1, 0.15) is 13.3 Å². The first-order chi connectivity index (χ1) is 4.66. The predicted octanol–water partition coefficient (Wildman–Crippen LogP) is -1.16. The fourth-order valence-corrected chi connectivity index (χ4v) is 1.07. The number of hydrogen-bond donors (Lipinski definition) is 3. The van der Waals surface area contributed by atoms with Crippen LogP contribution in [0, 0.1) is 0 Å². The van der Waals surface area contributed by atoms with Crippen LogP contribution in [-0.2, 0) is 4.74 Å². The van der Waals surface area contributed by atoms with Gasteiger partial charge in [0, 0.05) is 0 Å². The van der Waals surface area contributed by atoms with Gasteiger partial charge in [-0.3, -0.25) is 0 Å². The van der Waals surface area contributed by atoms with E-state index in [9.17, 15) is 0 Å². The molecule has 0 aromatic heterocycles. The number of ether oxygens (including phenoxy) is 1. The first-order valence-electron chi connectivity index (χ1n) is 3.36. The normalized spacial score (nSPS) is 48.0. The molecule has 4 heteroatoms. The summed E-state index contributed by atoms with van der Waals surface area (Å²) in [7, 11) is 0. The summed E-state index contributed by atoms with van der Waals surface area (Å²) in [6.07, 6.45) is -3.15. The molecule has 0 saturated carbocycles. The molecule has 0 aromatic carbocycles. The summed E-state index contributed by atoms with van der Waals surface area (Å²) in [5.74, 6) is 0. The van der Waals surface area contributed by atoms with E-state index in [1.807, 2.05) is 6.92 Å². The molecular formula is C6H12O4. The largest absolute Gasteiger partial charge is 0.387 e. The van der Waals surface area contributed by atoms with Gasteiger partial charge in [-0.15, -0.1) is 0 Å². The molecule has 1 aliphatic heterocycles. The summed E-state index contributed by atoms with van der Waals surface area (Å²) in [5, 5.41) is 26.9. The highest BCUT2D eigenvalue weighted by Gasteiger charge is 2.40. The van der Waals surface area contributed by atoms with E-state index in [0.717, 1.165) is 0 Å². The molecule has 1 fully saturated rings. The summed E-state index contributed by atoms with van der Waals surface area (Å²) in [6, 6.07) is 0. The van der Waals surface area contributed by atoms with E-state index < -0.39 is 24.6 Å². The molecule has 10 heavy (non-hydrogen) atoms. The predicted molar refractivity (Wildman–Crippen MR) is 33.2 cm³/mol. The molecule has 4 atom stereocenters. The highest BCUT2D eigenvalue weighted by atomic mass is 16.6. The van der Waals surface area contributed by atoms with Crippen molar-refractivity contribution >= 4 is 0 Å². The second-order valence-electron chi connectivity index (χ2n) is 2.45. The zero-order valence-electron chi connectivity index (χ0n) is 5.77. The number of rotatable bonds is 1. The Kier molecular flexibility index (Phi) is 2.25. The van der Waals surface area contributed by atoms with Crippen molar-refractivity contribution in [2.24, 2.45) is 0 Å². The Morgan fingerprint density at radius 2 is 1.80 bits per heavy atom. The number of hydrogen-bond acceptors (Lipinski definition) is 4. The van der Waals surface area contributed by atoms with Crippen molar-refractivity contribution in [3.63, 3.8) is 0 Å². The standard InChI is InChI=1S/C6H12O4/c1-2-3-4(7)5(8)6(9)10-3/h3-9H,2H2,1H3/t3-,4+,5?,6?/m1/s1. The highest BCUT2D eigenvalue weighted by molar-refractivity contribution is 4.84. The summed E-state index contributed by atoms with van der Waals surface area (Å²) < 4.78 is 4.79. The molecule has 1 saturated heterocycles. The van der Waals surface area contributed by atoms with Crippen LogP contribution in [0.2, 0.25) is 0 Å². The molecule has 0 radical (unpaired) electrons. The van der Waals surface area contributed by atoms with Crippen LogP contribution >= 0.6 is 0 Å². The number of aliphatic hydroxyl groups excluding tert-OH is 3. The Labute approximate surface area is 59.1 Å². The van der Waals surface area contributed by atoms with Crippen molar-refractivity contribution in [1.29, 1.82) is 0 Å². The van der Waals surface area contributed by atoms with E-state index in [-0.39, 0.29) is 0 Å². The Hall–Kier alpha value is -0.160. The van der Waals surface area contributed by atoms with Gasteiger partial charge in [0.15, 0.2) is 6.29 Å². The molecule has 60 valence electrons. The molecule has 2 unspecified atom stereocenters. The minimum Gasteiger partial charge on any atom is -0.387 e. The molecule has 3 N–H and O–H groups in total. The van der Waals surface area contributed by atoms with Crippen molar-refractivity contribution in [2.45, 2.75) is 37.9 Å². The molecule has 0 bridgehead atoms. The minimum absolute atomic E-state index is 0.426. The maximum Gasteiger partial charge on any atom is 0.183 e. The molecule has 0 aromatic rings. The molecule has 1 aliphatic rings. The Morgan fingerprint density at radius 1 is 1.20 bits per heavy atom. The van der Waals surface area contributed by atoms with Crippen LogP contribution in [0.25, 0.3) is 0 Å². The summed E-state index contributed by atoms with van der Waals surface area (Å²) in [4.78, 5) is 0. The molecular weight excluding hydrogens is 136 g/mol. The topological polar surface area (TPSA) is 69.9 Å². The van der Waals surface area contributed by atoms with Gasteiger partial charge in [0.1, 0.15) is 12.2 Å². The third kappa shape index (κ3) is 1.15. The SMILES string of the molecule is CC[C@H]1OC(O)C(O)[C@H]1O. The fraction of sp³-hybridized carbons (Fsp3) is 1.00. The lowest BCUT2D eigenvalue weighted by Gasteiger charge is -2.10. The second-order valence-corrected chi connectivity index (χ2v) is 2.45. The Balaban J connectivity index is 2.53. The maximum absolute atomic E-state index is 9.09. The van der Waals surface area contributed by atoms with Crippen molar-refractivity contribution < 1.29 is 20.1 Å². The summed E-state index contributed by atoms with van der Waals surface area (Å²) in [6.45, 7) is 1.82. The number of aliphatic hydroxyl groups is 3. The van der Waals surface area contributed by atoms with E-state index in [0.29, 0.717) is 6.42 Å². The van der Waals surface area contributed by atoms with Gasteiger partial charge in [0.2, 0.25) is 0 Å². The van der Waals surface area contributed by atoms with Gasteiger partial charge in [-0.2, -0.15) is 0 Å². The lowest BCUT2D eigenvalue weighted by molar-refractivity contribution is -0.127. The van der Waals surface area contributed by atoms with Gasteiger partial charge in [-0.05, 0) is 6.42 Å². The first-order valence-corrected chi connectivity index (χ1v) is 3.36. The van der Waals surface area contributed by atoms with Gasteiger partial charge in [0.25, 0.3) is 0 Å². The van der Waals surface area contributed by atoms with Crippen LogP contribution in [-0.4, -0.2) is 39.9 Å². The molecule has 1 heterocycles. The molecule has 4 nitrogen and oxygen atoms in total. The lowest BCUT2D eigenvalue weighted by Crippen LogP contribution is -2.31. The van der Waals surface area contributed by atoms with Crippen LogP contribution < -0.4 is 0 Å². The highest BCUT2D eigenvalue weighted by Crippen LogP contribution is 2.21. The third-order valence-corrected chi connectivity index (χ3v) is 1.74. The molecule has 0 amide bonds. The van der Waals surface area contributed by atoms with Gasteiger partial charge in [-0.25, -0.2) is 0 Å². The van der Waals surface area contributed by atoms with Gasteiger partial charge < -0.3 is 20.1 Å². The van der Waals surface area contributed by atoms with Crippen molar-refractivity contribution in [3.8, 4) is 0 Å². The fourth-order valence-electron chi connectivity index (χ4n) is 1.07. The van der Waals surface area contributed by atoms with Gasteiger partial charge in [-0.1, -0.05) is 6.92 Å². The van der Waals surface area contributed by atoms with E-state index in [1.165, 1.54) is 0 Å². The first kappa shape index (κ1) is 7.94. The molecule has 0 aliphatic carbocycles. The van der Waals surface area contributed by atoms with E-state index >= 15 is 0 Å². The zero-order valence-corrected chi connectivity index (χ0v) is 5.77. The van der Waals surface area contributed by atoms with E-state index in [1.54, 1.807) is 0 Å². The third-order valence-electron chi connectivity index (χ3n) is 1.74. The average molecular weight is 148 g/mol. The van der Waals surface area contributed by atoms with Crippen molar-refractivity contribution in [3.05, 3.63) is 0 Å². The summed E-state index contributed by atoms with van der Waals surface area (Å²) in [5.41, 5.74) is 0. The van der Waals surface area contributed by atoms with E-state index in [4.69, 9.17) is 20.1 Å². The molecule has 1 rings (SSSR count). The van der Waals surface area contributed by atoms with Crippen LogP contribution in [0.4, 0.5) is 0 Å². The van der Waals surface area contributed by atoms with Crippen LogP contribution in [0.5, 0.6) is 0 Å². The zero-order chi connectivity index (χ0) is 7.72. The van der Waals surface area contributed by atoms with Gasteiger partial charge in [0.05, 0.1) is 6.10 Å². The lowest BCUT2D eigenvalue weighted by atomic mass is 10.1. The minimum atomic E-state index is -1.22. The quantitative estimate of drug-likeness (QED) is 0.438. The van der Waals surface area contributed by atoms with Crippen LogP contribution in [0.3, 0.4) is 0 Å². The average Bonchev–Trinajstić information content (AvgIpc) is 2.17. The van der Waals surface area contributed by atoms with Crippen molar-refractivity contribution in [2.75, 3.05) is 0 Å². The smallest absolute Gasteiger partial charge is 0.183 e. The van der Waals surface area contributed by atoms with Crippen molar-refractivity contribution in [1.82, 2.24) is 0 Å². The summed E-state index contributed by atoms with van der Waals surface area (Å²) >= 11 is 0. The van der Waals surface area contributed by atoms with E-state index in [2.05, 4.69) is 0 Å². The Bertz CT molecular complexity index is 116. The van der Waals surface area contributed by atoms with Crippen LogP contribution in [0.15, 0.2) is 0 Å².